The topological polar surface area (TPSA) is 45.3 Å². The predicted molar refractivity (Wildman–Crippen MR) is 90.7 cm³/mol. The van der Waals surface area contributed by atoms with E-state index >= 15 is 0 Å². The minimum absolute atomic E-state index is 0.345. The van der Waals surface area contributed by atoms with Crippen molar-refractivity contribution in [2.75, 3.05) is 13.7 Å². The van der Waals surface area contributed by atoms with Crippen molar-refractivity contribution in [3.63, 3.8) is 0 Å². The summed E-state index contributed by atoms with van der Waals surface area (Å²) in [6.07, 6.45) is 4.68. The highest BCUT2D eigenvalue weighted by atomic mass is 16.5. The average molecular weight is 312 g/mol. The molecule has 2 aliphatic heterocycles. The van der Waals surface area contributed by atoms with Crippen LogP contribution in [0.1, 0.15) is 37.8 Å². The number of fused-ring (bicyclic) bond motifs is 4. The number of nitrogens with zero attached hydrogens (tertiary/aromatic N) is 1. The molecule has 1 N–H and O–H groups in total. The maximum absolute atomic E-state index is 11.5. The highest BCUT2D eigenvalue weighted by Gasteiger charge is 2.46. The van der Waals surface area contributed by atoms with E-state index in [0.717, 1.165) is 30.6 Å². The maximum Gasteiger partial charge on any atom is 0.209 e. The smallest absolute Gasteiger partial charge is 0.209 e. The van der Waals surface area contributed by atoms with Gasteiger partial charge in [-0.2, -0.15) is 0 Å². The van der Waals surface area contributed by atoms with Crippen LogP contribution in [0.4, 0.5) is 0 Å². The molecule has 3 fully saturated rings. The second kappa shape index (κ2) is 5.59. The Hall–Kier alpha value is -1.97. The van der Waals surface area contributed by atoms with Crippen LogP contribution >= 0.6 is 0 Å². The van der Waals surface area contributed by atoms with Crippen LogP contribution in [0.3, 0.4) is 0 Å². The van der Waals surface area contributed by atoms with Crippen LogP contribution in [0.25, 0.3) is 10.9 Å². The monoisotopic (exact) mass is 312 g/mol. The Balaban J connectivity index is 1.72. The Morgan fingerprint density at radius 1 is 1.35 bits per heavy atom. The van der Waals surface area contributed by atoms with Gasteiger partial charge in [-0.15, -0.1) is 0 Å². The van der Waals surface area contributed by atoms with Gasteiger partial charge in [0, 0.05) is 35.1 Å². The Labute approximate surface area is 136 Å². The van der Waals surface area contributed by atoms with Crippen molar-refractivity contribution in [3.8, 4) is 5.75 Å². The number of nitrogens with one attached hydrogen (secondary N) is 1. The Kier molecular flexibility index (Phi) is 3.55. The zero-order valence-electron chi connectivity index (χ0n) is 13.8. The van der Waals surface area contributed by atoms with Crippen molar-refractivity contribution in [1.82, 2.24) is 9.88 Å². The summed E-state index contributed by atoms with van der Waals surface area (Å²) >= 11 is 0. The molecule has 1 amide bonds. The second-order valence-corrected chi connectivity index (χ2v) is 7.08. The van der Waals surface area contributed by atoms with Crippen molar-refractivity contribution in [2.24, 2.45) is 11.8 Å². The van der Waals surface area contributed by atoms with E-state index in [-0.39, 0.29) is 0 Å². The number of carbonyl (C=O) groups is 1. The van der Waals surface area contributed by atoms with Crippen molar-refractivity contribution >= 4 is 17.3 Å². The fourth-order valence-corrected chi connectivity index (χ4v) is 4.85. The minimum atomic E-state index is 0.345. The molecule has 122 valence electrons. The van der Waals surface area contributed by atoms with Crippen LogP contribution in [0.2, 0.25) is 0 Å². The van der Waals surface area contributed by atoms with E-state index in [1.165, 1.54) is 23.9 Å². The molecule has 1 aromatic carbocycles. The summed E-state index contributed by atoms with van der Waals surface area (Å²) in [4.78, 5) is 17.2. The molecule has 4 nitrogen and oxygen atoms in total. The fraction of sp³-hybridized carbons (Fsp3) is 0.526. The third-order valence-electron chi connectivity index (χ3n) is 5.88. The van der Waals surface area contributed by atoms with Crippen LogP contribution in [-0.4, -0.2) is 36.0 Å². The first-order valence-electron chi connectivity index (χ1n) is 8.61. The molecule has 2 saturated heterocycles. The number of ether oxygens (including phenoxy) is 1. The van der Waals surface area contributed by atoms with Gasteiger partial charge in [0.2, 0.25) is 6.41 Å². The number of hydrogen-bond donors (Lipinski definition) is 1. The van der Waals surface area contributed by atoms with Gasteiger partial charge in [0.05, 0.1) is 7.11 Å². The third-order valence-corrected chi connectivity index (χ3v) is 5.88. The molecule has 2 aromatic rings. The van der Waals surface area contributed by atoms with Crippen LogP contribution < -0.4 is 4.74 Å². The molecule has 23 heavy (non-hydrogen) atoms. The highest BCUT2D eigenvalue weighted by molar-refractivity contribution is 5.82. The number of methoxy groups -OCH3 is 1. The molecule has 0 radical (unpaired) electrons. The molecular formula is C19H24N2O2. The number of rotatable bonds is 4. The molecule has 4 heteroatoms. The number of hydrogen-bond acceptors (Lipinski definition) is 2. The van der Waals surface area contributed by atoms with Crippen LogP contribution in [0.5, 0.6) is 5.75 Å². The molecular weight excluding hydrogens is 288 g/mol. The lowest BCUT2D eigenvalue weighted by Crippen LogP contribution is -2.56. The first kappa shape index (κ1) is 14.6. The normalized spacial score (nSPS) is 29.9. The number of piperidine rings is 2. The van der Waals surface area contributed by atoms with Crippen molar-refractivity contribution in [2.45, 2.75) is 38.1 Å². The third kappa shape index (κ3) is 2.32. The number of aromatic nitrogens is 1. The summed E-state index contributed by atoms with van der Waals surface area (Å²) in [7, 11) is 1.70. The molecule has 1 aliphatic carbocycles. The van der Waals surface area contributed by atoms with Crippen LogP contribution in [0.15, 0.2) is 24.3 Å². The maximum atomic E-state index is 11.5. The minimum Gasteiger partial charge on any atom is -0.497 e. The van der Waals surface area contributed by atoms with Gasteiger partial charge in [0.15, 0.2) is 0 Å². The number of carbonyl (C=O) groups excluding carboxylic acids is 1. The Bertz CT molecular complexity index is 723. The quantitative estimate of drug-likeness (QED) is 0.878. The summed E-state index contributed by atoms with van der Waals surface area (Å²) in [6, 6.07) is 8.73. The van der Waals surface area contributed by atoms with Gasteiger partial charge in [0.25, 0.3) is 0 Å². The van der Waals surface area contributed by atoms with Crippen LogP contribution in [0, 0.1) is 11.8 Å². The lowest BCUT2D eigenvalue weighted by molar-refractivity contribution is -0.129. The van der Waals surface area contributed by atoms with E-state index in [2.05, 4.69) is 35.0 Å². The van der Waals surface area contributed by atoms with Crippen LogP contribution in [-0.2, 0) is 4.79 Å². The van der Waals surface area contributed by atoms with Gasteiger partial charge < -0.3 is 14.6 Å². The van der Waals surface area contributed by atoms with Crippen molar-refractivity contribution in [1.29, 1.82) is 0 Å². The van der Waals surface area contributed by atoms with Crippen molar-refractivity contribution in [3.05, 3.63) is 30.0 Å². The standard InChI is InChI=1S/C19H24N2O2/c1-3-13-6-12-7-16(19(13)21(10-12)11-22)18-9-14-8-15(23-2)4-5-17(14)20-18/h4-5,8-9,11-13,16,19-20H,3,6-7,10H2,1-2H3/t12-,13+,16+,19+/m1/s1. The Morgan fingerprint density at radius 2 is 2.22 bits per heavy atom. The number of aromatic amines is 1. The van der Waals surface area contributed by atoms with E-state index in [9.17, 15) is 4.79 Å². The van der Waals surface area contributed by atoms with Gasteiger partial charge in [-0.3, -0.25) is 4.79 Å². The first-order chi connectivity index (χ1) is 11.2. The second-order valence-electron chi connectivity index (χ2n) is 7.08. The Morgan fingerprint density at radius 3 is 2.96 bits per heavy atom. The molecule has 3 heterocycles. The largest absolute Gasteiger partial charge is 0.497 e. The molecule has 2 bridgehead atoms. The van der Waals surface area contributed by atoms with Gasteiger partial charge in [0.1, 0.15) is 5.75 Å². The lowest BCUT2D eigenvalue weighted by Gasteiger charge is -2.52. The SMILES string of the molecule is CC[C@H]1C[C@@H]2C[C@@H](c3cc4cc(OC)ccc4[nH]3)[C@H]1N(C=O)C2. The summed E-state index contributed by atoms with van der Waals surface area (Å²) in [5, 5.41) is 1.19. The molecule has 1 aromatic heterocycles. The molecule has 4 atom stereocenters. The number of amides is 1. The van der Waals surface area contributed by atoms with Gasteiger partial charge >= 0.3 is 0 Å². The van der Waals surface area contributed by atoms with E-state index in [4.69, 9.17) is 4.74 Å². The van der Waals surface area contributed by atoms with E-state index in [0.29, 0.717) is 23.8 Å². The highest BCUT2D eigenvalue weighted by Crippen LogP contribution is 2.48. The van der Waals surface area contributed by atoms with E-state index in [1.807, 2.05) is 6.07 Å². The molecule has 1 saturated carbocycles. The number of benzene rings is 1. The average Bonchev–Trinajstić information content (AvgIpc) is 3.04. The molecule has 0 unspecified atom stereocenters. The van der Waals surface area contributed by atoms with Gasteiger partial charge in [-0.1, -0.05) is 13.3 Å². The fourth-order valence-electron chi connectivity index (χ4n) is 4.85. The molecule has 0 spiro atoms. The predicted octanol–water partition coefficient (Wildman–Crippen LogP) is 3.54. The zero-order valence-corrected chi connectivity index (χ0v) is 13.8. The number of H-pyrrole nitrogens is 1. The van der Waals surface area contributed by atoms with E-state index < -0.39 is 0 Å². The zero-order chi connectivity index (χ0) is 16.0. The van der Waals surface area contributed by atoms with E-state index in [1.54, 1.807) is 7.11 Å². The van der Waals surface area contributed by atoms with Gasteiger partial charge in [-0.05, 0) is 48.9 Å². The summed E-state index contributed by atoms with van der Waals surface area (Å²) in [6.45, 7) is 3.19. The first-order valence-corrected chi connectivity index (χ1v) is 8.61. The summed E-state index contributed by atoms with van der Waals surface area (Å²) < 4.78 is 5.33. The summed E-state index contributed by atoms with van der Waals surface area (Å²) in [5.41, 5.74) is 2.42. The lowest BCUT2D eigenvalue weighted by atomic mass is 9.65. The molecule has 5 rings (SSSR count). The molecule has 3 aliphatic rings. The summed E-state index contributed by atoms with van der Waals surface area (Å²) in [5.74, 6) is 2.57. The van der Waals surface area contributed by atoms with Gasteiger partial charge in [-0.25, -0.2) is 0 Å². The van der Waals surface area contributed by atoms with Crippen molar-refractivity contribution < 1.29 is 9.53 Å².